The van der Waals surface area contributed by atoms with E-state index in [2.05, 4.69) is 5.16 Å². The largest absolute Gasteiger partial charge is 0.358 e. The van der Waals surface area contributed by atoms with Crippen LogP contribution in [0, 0.1) is 0 Å². The Balaban J connectivity index is 3.04. The molecule has 0 saturated heterocycles. The summed E-state index contributed by atoms with van der Waals surface area (Å²) in [6, 6.07) is 0. The molecule has 1 aromatic rings. The third-order valence-electron chi connectivity index (χ3n) is 1.59. The summed E-state index contributed by atoms with van der Waals surface area (Å²) in [5, 5.41) is 4.18. The number of aromatic nitrogens is 1. The molecule has 0 amide bonds. The van der Waals surface area contributed by atoms with Gasteiger partial charge in [0.2, 0.25) is 0 Å². The Labute approximate surface area is 81.8 Å². The number of nitrogens with zero attached hydrogens (tertiary/aromatic N) is 1. The number of alkyl halides is 1. The van der Waals surface area contributed by atoms with E-state index in [1.807, 2.05) is 13.8 Å². The quantitative estimate of drug-likeness (QED) is 0.691. The molecule has 4 heteroatoms. The molecule has 68 valence electrons. The van der Waals surface area contributed by atoms with Crippen LogP contribution in [0.3, 0.4) is 0 Å². The molecule has 0 spiro atoms. The molecule has 0 aromatic carbocycles. The van der Waals surface area contributed by atoms with Crippen LogP contribution >= 0.6 is 23.2 Å². The van der Waals surface area contributed by atoms with Gasteiger partial charge in [-0.05, 0) is 6.92 Å². The second-order valence-corrected chi connectivity index (χ2v) is 4.05. The first-order chi connectivity index (χ1) is 5.54. The monoisotopic (exact) mass is 207 g/mol. The van der Waals surface area contributed by atoms with Gasteiger partial charge in [-0.1, -0.05) is 30.6 Å². The van der Waals surface area contributed by atoms with Gasteiger partial charge in [-0.3, -0.25) is 0 Å². The molecular formula is C8H11Cl2NO. The molecule has 0 aliphatic heterocycles. The number of hydrogen-bond acceptors (Lipinski definition) is 2. The molecule has 0 bridgehead atoms. The van der Waals surface area contributed by atoms with E-state index in [0.29, 0.717) is 10.8 Å². The van der Waals surface area contributed by atoms with Crippen molar-refractivity contribution in [3.05, 3.63) is 16.5 Å². The second kappa shape index (κ2) is 3.67. The molecule has 1 aromatic heterocycles. The predicted molar refractivity (Wildman–Crippen MR) is 49.9 cm³/mol. The highest BCUT2D eigenvalue weighted by atomic mass is 35.5. The van der Waals surface area contributed by atoms with Gasteiger partial charge in [0.25, 0.3) is 0 Å². The summed E-state index contributed by atoms with van der Waals surface area (Å²) in [5.41, 5.74) is 0.777. The van der Waals surface area contributed by atoms with E-state index < -0.39 is 0 Å². The molecule has 12 heavy (non-hydrogen) atoms. The van der Waals surface area contributed by atoms with Gasteiger partial charge in [-0.15, -0.1) is 11.6 Å². The topological polar surface area (TPSA) is 26.0 Å². The van der Waals surface area contributed by atoms with Crippen LogP contribution in [0.2, 0.25) is 5.02 Å². The van der Waals surface area contributed by atoms with Crippen molar-refractivity contribution in [1.82, 2.24) is 5.16 Å². The van der Waals surface area contributed by atoms with Gasteiger partial charge in [0.15, 0.2) is 5.76 Å². The van der Waals surface area contributed by atoms with Gasteiger partial charge in [0.1, 0.15) is 10.7 Å². The van der Waals surface area contributed by atoms with Crippen molar-refractivity contribution in [2.75, 3.05) is 0 Å². The average molecular weight is 208 g/mol. The molecule has 2 nitrogen and oxygen atoms in total. The fraction of sp³-hybridized carbons (Fsp3) is 0.625. The molecule has 0 N–H and O–H groups in total. The maximum Gasteiger partial charge on any atom is 0.173 e. The minimum absolute atomic E-state index is 0.225. The van der Waals surface area contributed by atoms with Crippen LogP contribution in [0.15, 0.2) is 4.52 Å². The zero-order valence-corrected chi connectivity index (χ0v) is 8.78. The molecule has 1 rings (SSSR count). The Morgan fingerprint density at radius 3 is 2.17 bits per heavy atom. The molecule has 0 saturated carbocycles. The van der Waals surface area contributed by atoms with Gasteiger partial charge >= 0.3 is 0 Å². The highest BCUT2D eigenvalue weighted by Gasteiger charge is 2.19. The SMILES string of the molecule is CC(C)c1noc(C(C)Cl)c1Cl. The van der Waals surface area contributed by atoms with Crippen LogP contribution in [0.25, 0.3) is 0 Å². The Bertz CT molecular complexity index is 243. The fourth-order valence-corrected chi connectivity index (χ4v) is 1.57. The summed E-state index contributed by atoms with van der Waals surface area (Å²) < 4.78 is 5.00. The zero-order valence-electron chi connectivity index (χ0n) is 7.27. The van der Waals surface area contributed by atoms with Crippen LogP contribution in [0.1, 0.15) is 43.5 Å². The van der Waals surface area contributed by atoms with Crippen molar-refractivity contribution in [2.24, 2.45) is 0 Å². The first-order valence-electron chi connectivity index (χ1n) is 3.83. The maximum absolute atomic E-state index is 5.97. The van der Waals surface area contributed by atoms with Gasteiger partial charge in [0.05, 0.1) is 5.38 Å². The first-order valence-corrected chi connectivity index (χ1v) is 4.64. The minimum atomic E-state index is -0.225. The minimum Gasteiger partial charge on any atom is -0.358 e. The van der Waals surface area contributed by atoms with Gasteiger partial charge < -0.3 is 4.52 Å². The molecule has 1 unspecified atom stereocenters. The fourth-order valence-electron chi connectivity index (χ4n) is 0.911. The third-order valence-corrected chi connectivity index (χ3v) is 2.17. The third kappa shape index (κ3) is 1.75. The predicted octanol–water partition coefficient (Wildman–Crippen LogP) is 3.75. The van der Waals surface area contributed by atoms with Gasteiger partial charge in [-0.2, -0.15) is 0 Å². The van der Waals surface area contributed by atoms with Crippen molar-refractivity contribution in [3.63, 3.8) is 0 Å². The van der Waals surface area contributed by atoms with Crippen LogP contribution in [-0.4, -0.2) is 5.16 Å². The molecule has 1 heterocycles. The normalized spacial score (nSPS) is 13.8. The lowest BCUT2D eigenvalue weighted by atomic mass is 10.1. The number of rotatable bonds is 2. The van der Waals surface area contributed by atoms with Crippen LogP contribution in [0.5, 0.6) is 0 Å². The standard InChI is InChI=1S/C8H11Cl2NO/c1-4(2)7-6(10)8(5(3)9)12-11-7/h4-5H,1-3H3. The summed E-state index contributed by atoms with van der Waals surface area (Å²) in [4.78, 5) is 0. The number of halogens is 2. The summed E-state index contributed by atoms with van der Waals surface area (Å²) in [7, 11) is 0. The first kappa shape index (κ1) is 9.87. The van der Waals surface area contributed by atoms with Gasteiger partial charge in [0, 0.05) is 5.92 Å². The van der Waals surface area contributed by atoms with Crippen LogP contribution < -0.4 is 0 Å². The van der Waals surface area contributed by atoms with E-state index in [0.717, 1.165) is 5.69 Å². The smallest absolute Gasteiger partial charge is 0.173 e. The van der Waals surface area contributed by atoms with Crippen molar-refractivity contribution in [1.29, 1.82) is 0 Å². The van der Waals surface area contributed by atoms with Crippen LogP contribution in [-0.2, 0) is 0 Å². The zero-order chi connectivity index (χ0) is 9.30. The molecule has 0 aliphatic carbocycles. The summed E-state index contributed by atoms with van der Waals surface area (Å²) in [6.45, 7) is 5.82. The van der Waals surface area contributed by atoms with E-state index in [-0.39, 0.29) is 11.3 Å². The molecule has 0 fully saturated rings. The lowest BCUT2D eigenvalue weighted by Crippen LogP contribution is -1.88. The van der Waals surface area contributed by atoms with Crippen molar-refractivity contribution in [2.45, 2.75) is 32.1 Å². The highest BCUT2D eigenvalue weighted by molar-refractivity contribution is 6.33. The van der Waals surface area contributed by atoms with Gasteiger partial charge in [-0.25, -0.2) is 0 Å². The van der Waals surface area contributed by atoms with E-state index in [1.54, 1.807) is 6.92 Å². The maximum atomic E-state index is 5.97. The van der Waals surface area contributed by atoms with E-state index >= 15 is 0 Å². The lowest BCUT2D eigenvalue weighted by Gasteiger charge is -1.98. The van der Waals surface area contributed by atoms with E-state index in [1.165, 1.54) is 0 Å². The van der Waals surface area contributed by atoms with Crippen LogP contribution in [0.4, 0.5) is 0 Å². The Morgan fingerprint density at radius 2 is 1.92 bits per heavy atom. The Hall–Kier alpha value is -0.210. The molecule has 0 radical (unpaired) electrons. The number of hydrogen-bond donors (Lipinski definition) is 0. The van der Waals surface area contributed by atoms with Crippen molar-refractivity contribution < 1.29 is 4.52 Å². The van der Waals surface area contributed by atoms with E-state index in [9.17, 15) is 0 Å². The Kier molecular flexibility index (Phi) is 3.02. The lowest BCUT2D eigenvalue weighted by molar-refractivity contribution is 0.375. The molecule has 0 aliphatic rings. The summed E-state index contributed by atoms with van der Waals surface area (Å²) in [6.07, 6.45) is 0. The van der Waals surface area contributed by atoms with Crippen molar-refractivity contribution in [3.8, 4) is 0 Å². The summed E-state index contributed by atoms with van der Waals surface area (Å²) >= 11 is 11.8. The Morgan fingerprint density at radius 1 is 1.33 bits per heavy atom. The highest BCUT2D eigenvalue weighted by Crippen LogP contribution is 2.32. The summed E-state index contributed by atoms with van der Waals surface area (Å²) in [5.74, 6) is 0.826. The second-order valence-electron chi connectivity index (χ2n) is 3.02. The molecular weight excluding hydrogens is 197 g/mol. The van der Waals surface area contributed by atoms with Crippen molar-refractivity contribution >= 4 is 23.2 Å². The van der Waals surface area contributed by atoms with E-state index in [4.69, 9.17) is 27.7 Å². The molecule has 1 atom stereocenters. The average Bonchev–Trinajstić information content (AvgIpc) is 2.30.